The highest BCUT2D eigenvalue weighted by Gasteiger charge is 2.21. The molecular weight excluding hydrogens is 358 g/mol. The van der Waals surface area contributed by atoms with Crippen molar-refractivity contribution >= 4 is 17.2 Å². The van der Waals surface area contributed by atoms with Crippen LogP contribution in [-0.2, 0) is 13.1 Å². The summed E-state index contributed by atoms with van der Waals surface area (Å²) in [6, 6.07) is 19.9. The molecule has 0 N–H and O–H groups in total. The fourth-order valence-corrected chi connectivity index (χ4v) is 3.57. The highest BCUT2D eigenvalue weighted by Crippen LogP contribution is 2.26. The maximum Gasteiger partial charge on any atom is 0.293 e. The lowest BCUT2D eigenvalue weighted by Gasteiger charge is -2.22. The quantitative estimate of drug-likeness (QED) is 0.493. The van der Waals surface area contributed by atoms with E-state index >= 15 is 0 Å². The molecule has 0 saturated carbocycles. The number of benzene rings is 2. The van der Waals surface area contributed by atoms with Crippen LogP contribution in [0.3, 0.4) is 0 Å². The van der Waals surface area contributed by atoms with E-state index in [4.69, 9.17) is 4.52 Å². The normalized spacial score (nSPS) is 10.7. The minimum absolute atomic E-state index is 0.203. The summed E-state index contributed by atoms with van der Waals surface area (Å²) >= 11 is 1.53. The van der Waals surface area contributed by atoms with Gasteiger partial charge in [-0.1, -0.05) is 59.8 Å². The van der Waals surface area contributed by atoms with Gasteiger partial charge in [0.1, 0.15) is 5.01 Å². The van der Waals surface area contributed by atoms with Gasteiger partial charge < -0.3 is 9.42 Å². The van der Waals surface area contributed by atoms with Gasteiger partial charge in [0.2, 0.25) is 5.76 Å². The maximum atomic E-state index is 13.0. The van der Waals surface area contributed by atoms with Gasteiger partial charge >= 0.3 is 0 Å². The number of nitrogens with zero attached hydrogens (tertiary/aromatic N) is 3. The van der Waals surface area contributed by atoms with Crippen LogP contribution in [0, 0.1) is 0 Å². The van der Waals surface area contributed by atoms with Gasteiger partial charge in [0, 0.05) is 24.2 Å². The summed E-state index contributed by atoms with van der Waals surface area (Å²) in [5.74, 6) is 0.0225. The van der Waals surface area contributed by atoms with Crippen molar-refractivity contribution in [3.8, 4) is 11.1 Å². The lowest BCUT2D eigenvalue weighted by atomic mass is 9.99. The third-order valence-corrected chi connectivity index (χ3v) is 4.97. The monoisotopic (exact) mass is 375 g/mol. The third kappa shape index (κ3) is 3.96. The van der Waals surface area contributed by atoms with Gasteiger partial charge in [-0.05, 0) is 16.7 Å². The topological polar surface area (TPSA) is 59.2 Å². The predicted octanol–water partition coefficient (Wildman–Crippen LogP) is 4.64. The Labute approximate surface area is 160 Å². The predicted molar refractivity (Wildman–Crippen MR) is 104 cm³/mol. The fraction of sp³-hybridized carbons (Fsp3) is 0.0952. The first-order valence-electron chi connectivity index (χ1n) is 8.53. The first-order valence-corrected chi connectivity index (χ1v) is 9.41. The number of hydrogen-bond donors (Lipinski definition) is 0. The molecule has 0 bridgehead atoms. The Morgan fingerprint density at radius 2 is 1.78 bits per heavy atom. The van der Waals surface area contributed by atoms with E-state index in [2.05, 4.69) is 28.3 Å². The standard InChI is InChI=1S/C21H17N3O2S/c25-21(19-10-11-23-26-19)24(15-20-22-12-13-27-20)14-17-8-4-5-9-18(17)16-6-2-1-3-7-16/h1-13H,14-15H2. The van der Waals surface area contributed by atoms with Crippen molar-refractivity contribution in [2.24, 2.45) is 0 Å². The first-order chi connectivity index (χ1) is 13.3. The molecule has 0 radical (unpaired) electrons. The zero-order chi connectivity index (χ0) is 18.5. The van der Waals surface area contributed by atoms with E-state index in [9.17, 15) is 4.79 Å². The molecule has 5 nitrogen and oxygen atoms in total. The second-order valence-corrected chi connectivity index (χ2v) is 6.97. The molecule has 2 aromatic carbocycles. The molecular formula is C21H17N3O2S. The molecule has 1 amide bonds. The molecule has 2 heterocycles. The van der Waals surface area contributed by atoms with Gasteiger partial charge in [-0.15, -0.1) is 11.3 Å². The Morgan fingerprint density at radius 3 is 2.52 bits per heavy atom. The van der Waals surface area contributed by atoms with Crippen molar-refractivity contribution in [3.05, 3.63) is 94.8 Å². The minimum Gasteiger partial charge on any atom is -0.351 e. The molecule has 6 heteroatoms. The van der Waals surface area contributed by atoms with E-state index in [1.54, 1.807) is 17.2 Å². The van der Waals surface area contributed by atoms with E-state index in [1.165, 1.54) is 17.5 Å². The summed E-state index contributed by atoms with van der Waals surface area (Å²) in [6.07, 6.45) is 3.22. The third-order valence-electron chi connectivity index (χ3n) is 4.21. The van der Waals surface area contributed by atoms with Crippen LogP contribution >= 0.6 is 11.3 Å². The number of aromatic nitrogens is 2. The highest BCUT2D eigenvalue weighted by atomic mass is 32.1. The molecule has 2 aromatic heterocycles. The smallest absolute Gasteiger partial charge is 0.293 e. The fourth-order valence-electron chi connectivity index (χ4n) is 2.94. The van der Waals surface area contributed by atoms with E-state index in [0.29, 0.717) is 13.1 Å². The molecule has 4 rings (SSSR count). The SMILES string of the molecule is O=C(c1ccno1)N(Cc1nccs1)Cc1ccccc1-c1ccccc1. The lowest BCUT2D eigenvalue weighted by Crippen LogP contribution is -2.30. The minimum atomic E-state index is -0.203. The van der Waals surface area contributed by atoms with Crippen LogP contribution in [0.15, 0.2) is 83.0 Å². The second-order valence-electron chi connectivity index (χ2n) is 5.99. The van der Waals surface area contributed by atoms with Crippen LogP contribution in [0.5, 0.6) is 0 Å². The van der Waals surface area contributed by atoms with Crippen LogP contribution in [0.1, 0.15) is 21.1 Å². The second kappa shape index (κ2) is 7.97. The summed E-state index contributed by atoms with van der Waals surface area (Å²) in [7, 11) is 0. The van der Waals surface area contributed by atoms with Gasteiger partial charge in [-0.25, -0.2) is 4.98 Å². The molecule has 0 saturated heterocycles. The Morgan fingerprint density at radius 1 is 0.963 bits per heavy atom. The van der Waals surface area contributed by atoms with Gasteiger partial charge in [-0.3, -0.25) is 4.79 Å². The van der Waals surface area contributed by atoms with Crippen LogP contribution in [0.2, 0.25) is 0 Å². The molecule has 0 aliphatic carbocycles. The number of hydrogen-bond acceptors (Lipinski definition) is 5. The Bertz CT molecular complexity index is 999. The lowest BCUT2D eigenvalue weighted by molar-refractivity contribution is 0.0687. The molecule has 0 aliphatic heterocycles. The van der Waals surface area contributed by atoms with E-state index in [0.717, 1.165) is 21.7 Å². The van der Waals surface area contributed by atoms with Crippen molar-refractivity contribution in [3.63, 3.8) is 0 Å². The van der Waals surface area contributed by atoms with E-state index < -0.39 is 0 Å². The summed E-state index contributed by atoms with van der Waals surface area (Å²) in [5.41, 5.74) is 3.29. The number of carbonyl (C=O) groups is 1. The number of carbonyl (C=O) groups excluding carboxylic acids is 1. The van der Waals surface area contributed by atoms with E-state index in [1.807, 2.05) is 41.8 Å². The average molecular weight is 375 g/mol. The van der Waals surface area contributed by atoms with Crippen molar-refractivity contribution in [1.82, 2.24) is 15.0 Å². The van der Waals surface area contributed by atoms with Crippen LogP contribution in [0.25, 0.3) is 11.1 Å². The summed E-state index contributed by atoms with van der Waals surface area (Å²) in [4.78, 5) is 19.0. The zero-order valence-corrected chi connectivity index (χ0v) is 15.3. The number of rotatable bonds is 6. The molecule has 0 atom stereocenters. The van der Waals surface area contributed by atoms with Crippen molar-refractivity contribution < 1.29 is 9.32 Å². The van der Waals surface area contributed by atoms with Crippen LogP contribution in [0.4, 0.5) is 0 Å². The molecule has 134 valence electrons. The van der Waals surface area contributed by atoms with E-state index in [-0.39, 0.29) is 11.7 Å². The molecule has 27 heavy (non-hydrogen) atoms. The molecule has 0 spiro atoms. The number of amides is 1. The Balaban J connectivity index is 1.67. The van der Waals surface area contributed by atoms with Gasteiger partial charge in [0.15, 0.2) is 0 Å². The van der Waals surface area contributed by atoms with Crippen molar-refractivity contribution in [1.29, 1.82) is 0 Å². The molecule has 0 unspecified atom stereocenters. The van der Waals surface area contributed by atoms with Gasteiger partial charge in [0.05, 0.1) is 12.7 Å². The summed E-state index contributed by atoms with van der Waals surface area (Å²) in [5, 5.41) is 6.44. The van der Waals surface area contributed by atoms with Crippen LogP contribution in [-0.4, -0.2) is 20.9 Å². The number of thiazole rings is 1. The average Bonchev–Trinajstić information content (AvgIpc) is 3.42. The molecule has 0 fully saturated rings. The van der Waals surface area contributed by atoms with Crippen molar-refractivity contribution in [2.45, 2.75) is 13.1 Å². The maximum absolute atomic E-state index is 13.0. The van der Waals surface area contributed by atoms with Gasteiger partial charge in [-0.2, -0.15) is 0 Å². The first kappa shape index (κ1) is 17.2. The van der Waals surface area contributed by atoms with Crippen LogP contribution < -0.4 is 0 Å². The molecule has 4 aromatic rings. The summed E-state index contributed by atoms with van der Waals surface area (Å²) < 4.78 is 5.09. The zero-order valence-electron chi connectivity index (χ0n) is 14.5. The Kier molecular flexibility index (Phi) is 5.07. The summed E-state index contributed by atoms with van der Waals surface area (Å²) in [6.45, 7) is 0.866. The Hall–Kier alpha value is -3.25. The van der Waals surface area contributed by atoms with Gasteiger partial charge in [0.25, 0.3) is 5.91 Å². The highest BCUT2D eigenvalue weighted by molar-refractivity contribution is 7.09. The molecule has 0 aliphatic rings. The largest absolute Gasteiger partial charge is 0.351 e. The van der Waals surface area contributed by atoms with Crippen molar-refractivity contribution in [2.75, 3.05) is 0 Å².